The van der Waals surface area contributed by atoms with Crippen molar-refractivity contribution in [1.29, 1.82) is 0 Å². The van der Waals surface area contributed by atoms with Gasteiger partial charge < -0.3 is 14.8 Å². The lowest BCUT2D eigenvalue weighted by molar-refractivity contribution is -0.123. The van der Waals surface area contributed by atoms with Crippen LogP contribution in [0.5, 0.6) is 0 Å². The molecule has 1 aliphatic heterocycles. The predicted molar refractivity (Wildman–Crippen MR) is 118 cm³/mol. The first-order valence-corrected chi connectivity index (χ1v) is 11.8. The molecule has 1 saturated heterocycles. The van der Waals surface area contributed by atoms with Gasteiger partial charge in [-0.25, -0.2) is 18.2 Å². The summed E-state index contributed by atoms with van der Waals surface area (Å²) in [7, 11) is -3.72. The predicted octanol–water partition coefficient (Wildman–Crippen LogP) is 2.72. The molecule has 0 aliphatic carbocycles. The Morgan fingerprint density at radius 2 is 1.78 bits per heavy atom. The Labute approximate surface area is 191 Å². The Hall–Kier alpha value is -2.53. The summed E-state index contributed by atoms with van der Waals surface area (Å²) in [5.41, 5.74) is 0.122. The van der Waals surface area contributed by atoms with Gasteiger partial charge in [-0.15, -0.1) is 0 Å². The number of carbonyl (C=O) groups excluding carboxylic acids is 2. The van der Waals surface area contributed by atoms with Crippen LogP contribution in [0.2, 0.25) is 5.02 Å². The molecule has 11 heteroatoms. The normalized spacial score (nSPS) is 20.4. The van der Waals surface area contributed by atoms with Crippen LogP contribution in [-0.4, -0.2) is 61.0 Å². The molecule has 0 saturated carbocycles. The van der Waals surface area contributed by atoms with Crippen molar-refractivity contribution in [1.82, 2.24) is 9.29 Å². The maximum absolute atomic E-state index is 12.9. The summed E-state index contributed by atoms with van der Waals surface area (Å²) in [6, 6.07) is 8.48. The van der Waals surface area contributed by atoms with Crippen molar-refractivity contribution in [3.05, 3.63) is 53.2 Å². The third-order valence-corrected chi connectivity index (χ3v) is 6.82. The number of morpholine rings is 1. The van der Waals surface area contributed by atoms with Crippen LogP contribution in [0.4, 0.5) is 5.82 Å². The molecule has 3 unspecified atom stereocenters. The number of amides is 1. The number of esters is 1. The van der Waals surface area contributed by atoms with Gasteiger partial charge in [0, 0.05) is 19.3 Å². The lowest BCUT2D eigenvalue weighted by Crippen LogP contribution is -2.48. The van der Waals surface area contributed by atoms with E-state index in [0.717, 1.165) is 0 Å². The molecule has 172 valence electrons. The van der Waals surface area contributed by atoms with Crippen molar-refractivity contribution < 1.29 is 27.5 Å². The lowest BCUT2D eigenvalue weighted by Gasteiger charge is -2.34. The van der Waals surface area contributed by atoms with E-state index in [-0.39, 0.29) is 41.6 Å². The largest absolute Gasteiger partial charge is 0.449 e. The standard InChI is InChI=1S/C21H24ClN3O6S/c1-13-11-25(12-14(2)30-13)32(28,29)18-7-4-16(5-8-18)21(27)31-15(3)20(26)24-19-9-6-17(22)10-23-19/h4-10,13-15H,11-12H2,1-3H3,(H,23,24,26). The van der Waals surface area contributed by atoms with Gasteiger partial charge in [-0.05, 0) is 57.2 Å². The molecule has 9 nitrogen and oxygen atoms in total. The van der Waals surface area contributed by atoms with Crippen molar-refractivity contribution in [2.24, 2.45) is 0 Å². The van der Waals surface area contributed by atoms with Gasteiger partial charge in [-0.2, -0.15) is 4.31 Å². The van der Waals surface area contributed by atoms with Crippen molar-refractivity contribution in [3.63, 3.8) is 0 Å². The number of nitrogens with zero attached hydrogens (tertiary/aromatic N) is 2. The smallest absolute Gasteiger partial charge is 0.338 e. The highest BCUT2D eigenvalue weighted by atomic mass is 35.5. The fraction of sp³-hybridized carbons (Fsp3) is 0.381. The topological polar surface area (TPSA) is 115 Å². The average Bonchev–Trinajstić information content (AvgIpc) is 2.74. The van der Waals surface area contributed by atoms with Crippen molar-refractivity contribution in [3.8, 4) is 0 Å². The van der Waals surface area contributed by atoms with Gasteiger partial charge >= 0.3 is 5.97 Å². The van der Waals surface area contributed by atoms with Gasteiger partial charge in [0.05, 0.1) is 27.7 Å². The van der Waals surface area contributed by atoms with E-state index in [1.807, 2.05) is 13.8 Å². The van der Waals surface area contributed by atoms with E-state index < -0.39 is 28.0 Å². The molecular formula is C21H24ClN3O6S. The Balaban J connectivity index is 1.63. The number of sulfonamides is 1. The van der Waals surface area contributed by atoms with Crippen molar-refractivity contribution in [2.45, 2.75) is 44.0 Å². The number of pyridine rings is 1. The zero-order valence-electron chi connectivity index (χ0n) is 17.8. The fourth-order valence-corrected chi connectivity index (χ4v) is 4.90. The molecule has 1 aromatic carbocycles. The van der Waals surface area contributed by atoms with Gasteiger partial charge in [0.1, 0.15) is 5.82 Å². The van der Waals surface area contributed by atoms with Crippen LogP contribution < -0.4 is 5.32 Å². The van der Waals surface area contributed by atoms with Crippen LogP contribution in [0, 0.1) is 0 Å². The zero-order valence-corrected chi connectivity index (χ0v) is 19.4. The van der Waals surface area contributed by atoms with E-state index in [1.165, 1.54) is 47.8 Å². The number of hydrogen-bond acceptors (Lipinski definition) is 7. The summed E-state index contributed by atoms with van der Waals surface area (Å²) in [6.07, 6.45) is -0.140. The van der Waals surface area contributed by atoms with Crippen LogP contribution >= 0.6 is 11.6 Å². The number of aromatic nitrogens is 1. The van der Waals surface area contributed by atoms with Gasteiger partial charge in [-0.1, -0.05) is 11.6 Å². The molecule has 0 spiro atoms. The average molecular weight is 482 g/mol. The molecule has 1 aromatic heterocycles. The Kier molecular flexibility index (Phi) is 7.50. The van der Waals surface area contributed by atoms with Crippen LogP contribution in [0.25, 0.3) is 0 Å². The van der Waals surface area contributed by atoms with E-state index in [0.29, 0.717) is 5.02 Å². The number of rotatable bonds is 6. The Bertz CT molecular complexity index is 1070. The van der Waals surface area contributed by atoms with E-state index in [9.17, 15) is 18.0 Å². The van der Waals surface area contributed by atoms with E-state index in [4.69, 9.17) is 21.1 Å². The van der Waals surface area contributed by atoms with E-state index in [2.05, 4.69) is 10.3 Å². The molecule has 3 atom stereocenters. The first kappa shape index (κ1) is 24.1. The minimum atomic E-state index is -3.72. The molecule has 1 N–H and O–H groups in total. The third-order valence-electron chi connectivity index (χ3n) is 4.75. The summed E-state index contributed by atoms with van der Waals surface area (Å²) in [5, 5.41) is 2.94. The molecule has 32 heavy (non-hydrogen) atoms. The molecule has 3 rings (SSSR count). The zero-order chi connectivity index (χ0) is 23.5. The highest BCUT2D eigenvalue weighted by Crippen LogP contribution is 2.22. The lowest BCUT2D eigenvalue weighted by atomic mass is 10.2. The number of carbonyl (C=O) groups is 2. The van der Waals surface area contributed by atoms with E-state index >= 15 is 0 Å². The van der Waals surface area contributed by atoms with Gasteiger partial charge in [0.25, 0.3) is 5.91 Å². The second-order valence-corrected chi connectivity index (χ2v) is 9.88. The van der Waals surface area contributed by atoms with Crippen LogP contribution in [0.15, 0.2) is 47.5 Å². The first-order valence-electron chi connectivity index (χ1n) is 9.95. The fourth-order valence-electron chi connectivity index (χ4n) is 3.20. The van der Waals surface area contributed by atoms with Crippen LogP contribution in [0.1, 0.15) is 31.1 Å². The highest BCUT2D eigenvalue weighted by Gasteiger charge is 2.32. The number of anilines is 1. The summed E-state index contributed by atoms with van der Waals surface area (Å²) in [6.45, 7) is 5.56. The minimum Gasteiger partial charge on any atom is -0.449 e. The quantitative estimate of drug-likeness (QED) is 0.630. The number of nitrogens with one attached hydrogen (secondary N) is 1. The number of ether oxygens (including phenoxy) is 2. The molecule has 2 heterocycles. The maximum Gasteiger partial charge on any atom is 0.338 e. The van der Waals surface area contributed by atoms with Crippen molar-refractivity contribution in [2.75, 3.05) is 18.4 Å². The van der Waals surface area contributed by atoms with Crippen LogP contribution in [-0.2, 0) is 24.3 Å². The molecular weight excluding hydrogens is 458 g/mol. The maximum atomic E-state index is 12.9. The number of halogens is 1. The number of hydrogen-bond donors (Lipinski definition) is 1. The van der Waals surface area contributed by atoms with Crippen LogP contribution in [0.3, 0.4) is 0 Å². The summed E-state index contributed by atoms with van der Waals surface area (Å²) in [4.78, 5) is 28.6. The second kappa shape index (κ2) is 9.95. The molecule has 1 fully saturated rings. The van der Waals surface area contributed by atoms with E-state index in [1.54, 1.807) is 6.07 Å². The Morgan fingerprint density at radius 3 is 2.34 bits per heavy atom. The molecule has 1 aliphatic rings. The van der Waals surface area contributed by atoms with Crippen molar-refractivity contribution >= 4 is 39.3 Å². The van der Waals surface area contributed by atoms with Gasteiger partial charge in [-0.3, -0.25) is 4.79 Å². The first-order chi connectivity index (χ1) is 15.1. The molecule has 1 amide bonds. The van der Waals surface area contributed by atoms with Gasteiger partial charge in [0.15, 0.2) is 6.10 Å². The summed E-state index contributed by atoms with van der Waals surface area (Å²) < 4.78 is 38.0. The molecule has 0 bridgehead atoms. The molecule has 0 radical (unpaired) electrons. The summed E-state index contributed by atoms with van der Waals surface area (Å²) >= 11 is 5.75. The summed E-state index contributed by atoms with van der Waals surface area (Å²) in [5.74, 6) is -1.05. The number of benzene rings is 1. The second-order valence-electron chi connectivity index (χ2n) is 7.50. The molecule has 2 aromatic rings. The Morgan fingerprint density at radius 1 is 1.16 bits per heavy atom. The SMILES string of the molecule is CC1CN(S(=O)(=O)c2ccc(C(=O)OC(C)C(=O)Nc3ccc(Cl)cn3)cc2)CC(C)O1. The minimum absolute atomic E-state index is 0.0648. The highest BCUT2D eigenvalue weighted by molar-refractivity contribution is 7.89. The third kappa shape index (κ3) is 5.83. The van der Waals surface area contributed by atoms with Gasteiger partial charge in [0.2, 0.25) is 10.0 Å². The monoisotopic (exact) mass is 481 g/mol.